The van der Waals surface area contributed by atoms with Crippen molar-refractivity contribution in [3.63, 3.8) is 0 Å². The monoisotopic (exact) mass is 337 g/mol. The average Bonchev–Trinajstić information content (AvgIpc) is 3.09. The van der Waals surface area contributed by atoms with Gasteiger partial charge in [-0.1, -0.05) is 0 Å². The maximum atomic E-state index is 14.2. The number of carbonyl (C=O) groups excluding carboxylic acids is 1. The van der Waals surface area contributed by atoms with Gasteiger partial charge in [-0.25, -0.2) is 9.18 Å². The summed E-state index contributed by atoms with van der Waals surface area (Å²) in [7, 11) is 1.58. The second-order valence-electron chi connectivity index (χ2n) is 5.67. The molecule has 0 aliphatic carbocycles. The Labute approximate surface area is 136 Å². The van der Waals surface area contributed by atoms with E-state index in [-0.39, 0.29) is 18.9 Å². The Kier molecular flexibility index (Phi) is 3.75. The Balaban J connectivity index is 1.93. The number of carboxylic acid groups (broad SMARTS) is 1. The Morgan fingerprint density at radius 3 is 2.78 bits per heavy atom. The Morgan fingerprint density at radius 2 is 2.17 bits per heavy atom. The quantitative estimate of drug-likeness (QED) is 0.935. The minimum atomic E-state index is -2.34. The van der Waals surface area contributed by atoms with Crippen LogP contribution in [0.2, 0.25) is 0 Å². The van der Waals surface area contributed by atoms with Crippen LogP contribution in [-0.4, -0.2) is 47.8 Å². The summed E-state index contributed by atoms with van der Waals surface area (Å²) < 4.78 is 20.3. The number of likely N-dealkylation sites (tertiary alicyclic amines) is 1. The molecule has 3 rings (SSSR count). The second-order valence-corrected chi connectivity index (χ2v) is 6.72. The van der Waals surface area contributed by atoms with Gasteiger partial charge in [0.1, 0.15) is 5.75 Å². The molecule has 7 heteroatoms. The molecule has 0 saturated carbocycles. The Bertz CT molecular complexity index is 803. The standard InChI is InChI=1S/C16H16FNO4S/c1-9-11-7-10(22-2)3-4-12(11)23-13(9)14(19)18-6-5-16(17,8-18)15(20)21/h3-4,7H,5-6,8H2,1-2H3,(H,20,21). The van der Waals surface area contributed by atoms with Crippen LogP contribution in [0.1, 0.15) is 21.7 Å². The van der Waals surface area contributed by atoms with Crippen LogP contribution in [0, 0.1) is 6.92 Å². The summed E-state index contributed by atoms with van der Waals surface area (Å²) in [4.78, 5) is 25.4. The van der Waals surface area contributed by atoms with E-state index in [1.807, 2.05) is 25.1 Å². The molecule has 2 aromatic rings. The van der Waals surface area contributed by atoms with Gasteiger partial charge in [0.2, 0.25) is 5.67 Å². The van der Waals surface area contributed by atoms with Crippen LogP contribution in [0.15, 0.2) is 18.2 Å². The number of alkyl halides is 1. The predicted molar refractivity (Wildman–Crippen MR) is 85.1 cm³/mol. The van der Waals surface area contributed by atoms with Crippen molar-refractivity contribution in [3.05, 3.63) is 28.6 Å². The van der Waals surface area contributed by atoms with Crippen LogP contribution in [0.3, 0.4) is 0 Å². The molecule has 5 nitrogen and oxygen atoms in total. The average molecular weight is 337 g/mol. The van der Waals surface area contributed by atoms with Crippen molar-refractivity contribution in [2.75, 3.05) is 20.2 Å². The number of ether oxygens (including phenoxy) is 1. The third-order valence-corrected chi connectivity index (χ3v) is 5.49. The van der Waals surface area contributed by atoms with E-state index in [0.29, 0.717) is 10.6 Å². The van der Waals surface area contributed by atoms with Crippen molar-refractivity contribution >= 4 is 33.3 Å². The molecule has 2 heterocycles. The van der Waals surface area contributed by atoms with Gasteiger partial charge in [0.25, 0.3) is 5.91 Å². The number of carbonyl (C=O) groups is 2. The zero-order valence-corrected chi connectivity index (χ0v) is 13.6. The van der Waals surface area contributed by atoms with E-state index in [9.17, 15) is 14.0 Å². The SMILES string of the molecule is COc1ccc2sc(C(=O)N3CCC(F)(C(=O)O)C3)c(C)c2c1. The van der Waals surface area contributed by atoms with Crippen molar-refractivity contribution < 1.29 is 23.8 Å². The number of thiophene rings is 1. The van der Waals surface area contributed by atoms with E-state index in [4.69, 9.17) is 9.84 Å². The van der Waals surface area contributed by atoms with Crippen molar-refractivity contribution in [1.29, 1.82) is 0 Å². The highest BCUT2D eigenvalue weighted by Gasteiger charge is 2.47. The third kappa shape index (κ3) is 2.55. The minimum absolute atomic E-state index is 0.110. The molecule has 1 aromatic carbocycles. The smallest absolute Gasteiger partial charge is 0.343 e. The number of methoxy groups -OCH3 is 1. The summed E-state index contributed by atoms with van der Waals surface area (Å²) in [5.74, 6) is -1.12. The summed E-state index contributed by atoms with van der Waals surface area (Å²) in [6, 6.07) is 5.56. The summed E-state index contributed by atoms with van der Waals surface area (Å²) in [6.45, 7) is 1.54. The number of benzene rings is 1. The van der Waals surface area contributed by atoms with Gasteiger partial charge in [-0.15, -0.1) is 11.3 Å². The summed E-state index contributed by atoms with van der Waals surface area (Å²) in [5, 5.41) is 9.86. The van der Waals surface area contributed by atoms with Gasteiger partial charge in [0.15, 0.2) is 0 Å². The molecular weight excluding hydrogens is 321 g/mol. The molecule has 23 heavy (non-hydrogen) atoms. The van der Waals surface area contributed by atoms with Crippen molar-refractivity contribution in [3.8, 4) is 5.75 Å². The fraction of sp³-hybridized carbons (Fsp3) is 0.375. The lowest BCUT2D eigenvalue weighted by molar-refractivity contribution is -0.149. The number of carboxylic acids is 1. The maximum absolute atomic E-state index is 14.2. The van der Waals surface area contributed by atoms with Gasteiger partial charge in [-0.05, 0) is 36.1 Å². The fourth-order valence-electron chi connectivity index (χ4n) is 2.80. The zero-order chi connectivity index (χ0) is 16.8. The van der Waals surface area contributed by atoms with E-state index in [1.165, 1.54) is 16.2 Å². The molecule has 0 bridgehead atoms. The summed E-state index contributed by atoms with van der Waals surface area (Å²) in [5.41, 5.74) is -1.54. The number of fused-ring (bicyclic) bond motifs is 1. The molecule has 1 unspecified atom stereocenters. The molecule has 1 amide bonds. The zero-order valence-electron chi connectivity index (χ0n) is 12.8. The molecule has 1 fully saturated rings. The van der Waals surface area contributed by atoms with Crippen LogP contribution < -0.4 is 4.74 Å². The molecule has 1 aromatic heterocycles. The number of aliphatic carboxylic acids is 1. The molecule has 1 aliphatic heterocycles. The number of aryl methyl sites for hydroxylation is 1. The van der Waals surface area contributed by atoms with E-state index in [2.05, 4.69) is 0 Å². The topological polar surface area (TPSA) is 66.8 Å². The lowest BCUT2D eigenvalue weighted by Crippen LogP contribution is -2.38. The number of rotatable bonds is 3. The molecular formula is C16H16FNO4S. The van der Waals surface area contributed by atoms with Crippen molar-refractivity contribution in [2.24, 2.45) is 0 Å². The van der Waals surface area contributed by atoms with Gasteiger partial charge >= 0.3 is 5.97 Å². The third-order valence-electron chi connectivity index (χ3n) is 4.23. The van der Waals surface area contributed by atoms with E-state index < -0.39 is 18.2 Å². The highest BCUT2D eigenvalue weighted by atomic mass is 32.1. The fourth-order valence-corrected chi connectivity index (χ4v) is 3.95. The van der Waals surface area contributed by atoms with E-state index in [1.54, 1.807) is 7.11 Å². The summed E-state index contributed by atoms with van der Waals surface area (Å²) in [6.07, 6.45) is -0.175. The molecule has 1 aliphatic rings. The lowest BCUT2D eigenvalue weighted by atomic mass is 10.1. The highest BCUT2D eigenvalue weighted by Crippen LogP contribution is 2.35. The van der Waals surface area contributed by atoms with Crippen molar-refractivity contribution in [1.82, 2.24) is 4.90 Å². The van der Waals surface area contributed by atoms with Gasteiger partial charge < -0.3 is 14.7 Å². The predicted octanol–water partition coefficient (Wildman–Crippen LogP) is 2.86. The Morgan fingerprint density at radius 1 is 1.43 bits per heavy atom. The van der Waals surface area contributed by atoms with Gasteiger partial charge in [-0.2, -0.15) is 0 Å². The van der Waals surface area contributed by atoms with Crippen molar-refractivity contribution in [2.45, 2.75) is 19.0 Å². The normalized spacial score (nSPS) is 20.9. The van der Waals surface area contributed by atoms with E-state index >= 15 is 0 Å². The molecule has 122 valence electrons. The minimum Gasteiger partial charge on any atom is -0.497 e. The first kappa shape index (κ1) is 15.7. The van der Waals surface area contributed by atoms with Crippen LogP contribution in [-0.2, 0) is 4.79 Å². The molecule has 0 radical (unpaired) electrons. The van der Waals surface area contributed by atoms with Gasteiger partial charge in [0, 0.05) is 17.7 Å². The highest BCUT2D eigenvalue weighted by molar-refractivity contribution is 7.21. The van der Waals surface area contributed by atoms with Crippen LogP contribution in [0.4, 0.5) is 4.39 Å². The van der Waals surface area contributed by atoms with Gasteiger partial charge in [0.05, 0.1) is 18.5 Å². The molecule has 1 N–H and O–H groups in total. The molecule has 1 saturated heterocycles. The lowest BCUT2D eigenvalue weighted by Gasteiger charge is -2.17. The number of nitrogens with zero attached hydrogens (tertiary/aromatic N) is 1. The van der Waals surface area contributed by atoms with Crippen LogP contribution >= 0.6 is 11.3 Å². The molecule has 0 spiro atoms. The Hall–Kier alpha value is -2.15. The van der Waals surface area contributed by atoms with Crippen LogP contribution in [0.25, 0.3) is 10.1 Å². The summed E-state index contributed by atoms with van der Waals surface area (Å²) >= 11 is 1.33. The first-order valence-corrected chi connectivity index (χ1v) is 7.96. The van der Waals surface area contributed by atoms with E-state index in [0.717, 1.165) is 15.6 Å². The van der Waals surface area contributed by atoms with Crippen LogP contribution in [0.5, 0.6) is 5.75 Å². The number of halogens is 1. The second kappa shape index (κ2) is 5.49. The number of hydrogen-bond acceptors (Lipinski definition) is 4. The first-order valence-electron chi connectivity index (χ1n) is 7.14. The van der Waals surface area contributed by atoms with Gasteiger partial charge in [-0.3, -0.25) is 4.79 Å². The number of hydrogen-bond donors (Lipinski definition) is 1. The first-order chi connectivity index (χ1) is 10.9. The largest absolute Gasteiger partial charge is 0.497 e. The maximum Gasteiger partial charge on any atom is 0.343 e. The number of amides is 1. The molecule has 1 atom stereocenters.